The molecule has 4 aromatic rings. The summed E-state index contributed by atoms with van der Waals surface area (Å²) in [6.45, 7) is 3.15. The monoisotopic (exact) mass is 589 g/mol. The van der Waals surface area contributed by atoms with Crippen LogP contribution in [0.4, 0.5) is 8.78 Å². The maximum atomic E-state index is 14.8. The van der Waals surface area contributed by atoms with Crippen molar-refractivity contribution in [3.8, 4) is 17.6 Å². The van der Waals surface area contributed by atoms with Crippen LogP contribution < -0.4 is 9.47 Å². The Morgan fingerprint density at radius 2 is 1.93 bits per heavy atom. The van der Waals surface area contributed by atoms with Crippen LogP contribution in [0.3, 0.4) is 0 Å². The van der Waals surface area contributed by atoms with Crippen molar-refractivity contribution in [1.29, 1.82) is 5.26 Å². The Morgan fingerprint density at radius 3 is 2.63 bits per heavy atom. The van der Waals surface area contributed by atoms with Gasteiger partial charge in [-0.1, -0.05) is 0 Å². The minimum Gasteiger partial charge on any atom is -0.490 e. The predicted octanol–water partition coefficient (Wildman–Crippen LogP) is 4.69. The van der Waals surface area contributed by atoms with E-state index in [0.29, 0.717) is 42.5 Å². The van der Waals surface area contributed by atoms with Crippen LogP contribution in [0.25, 0.3) is 11.0 Å². The zero-order chi connectivity index (χ0) is 29.9. The van der Waals surface area contributed by atoms with Crippen molar-refractivity contribution in [1.82, 2.24) is 19.4 Å². The molecule has 0 aliphatic carbocycles. The van der Waals surface area contributed by atoms with Crippen molar-refractivity contribution in [2.45, 2.75) is 51.2 Å². The zero-order valence-corrected chi connectivity index (χ0v) is 23.2. The molecule has 43 heavy (non-hydrogen) atoms. The molecule has 4 heterocycles. The van der Waals surface area contributed by atoms with Gasteiger partial charge in [-0.15, -0.1) is 0 Å². The van der Waals surface area contributed by atoms with Gasteiger partial charge in [-0.25, -0.2) is 18.6 Å². The van der Waals surface area contributed by atoms with Crippen molar-refractivity contribution in [3.05, 3.63) is 82.9 Å². The van der Waals surface area contributed by atoms with E-state index in [2.05, 4.69) is 14.9 Å². The number of hydrogen-bond acceptors (Lipinski definition) is 8. The largest absolute Gasteiger partial charge is 0.490 e. The number of halogens is 2. The molecule has 6 rings (SSSR count). The lowest BCUT2D eigenvalue weighted by Gasteiger charge is -2.32. The number of nitriles is 1. The third-order valence-corrected chi connectivity index (χ3v) is 7.74. The standard InChI is InChI=1S/C31H29F2N5O5/c32-25-11-19(15-34)1-2-28(25)42-18-21-14-23(3-7-35-21)43-22-4-8-37(9-5-22)17-29-36-30-26(33)12-20(31(39)40)13-27(30)38(29)16-24-6-10-41-24/h1-3,7,11-14,22,24H,4-6,8-10,16-18H2,(H,39,40)/t24-/m0/s1. The quantitative estimate of drug-likeness (QED) is 0.281. The molecule has 2 saturated heterocycles. The number of ether oxygens (including phenoxy) is 3. The van der Waals surface area contributed by atoms with E-state index in [9.17, 15) is 18.7 Å². The zero-order valence-electron chi connectivity index (χ0n) is 23.2. The fourth-order valence-corrected chi connectivity index (χ4v) is 5.33. The van der Waals surface area contributed by atoms with Gasteiger partial charge in [-0.05, 0) is 55.7 Å². The number of carboxylic acids is 1. The highest BCUT2D eigenvalue weighted by Gasteiger charge is 2.27. The molecule has 2 aliphatic rings. The first-order chi connectivity index (χ1) is 20.9. The Kier molecular flexibility index (Phi) is 8.18. The van der Waals surface area contributed by atoms with Crippen LogP contribution in [0.2, 0.25) is 0 Å². The van der Waals surface area contributed by atoms with Crippen molar-refractivity contribution in [2.24, 2.45) is 0 Å². The second-order valence-electron chi connectivity index (χ2n) is 10.7. The molecular weight excluding hydrogens is 560 g/mol. The number of aromatic nitrogens is 3. The fourth-order valence-electron chi connectivity index (χ4n) is 5.33. The van der Waals surface area contributed by atoms with E-state index in [1.165, 1.54) is 18.2 Å². The minimum atomic E-state index is -1.19. The first-order valence-corrected chi connectivity index (χ1v) is 14.1. The van der Waals surface area contributed by atoms with E-state index >= 15 is 0 Å². The number of likely N-dealkylation sites (tertiary alicyclic amines) is 1. The molecule has 10 nitrogen and oxygen atoms in total. The van der Waals surface area contributed by atoms with E-state index in [4.69, 9.17) is 19.5 Å². The van der Waals surface area contributed by atoms with Crippen LogP contribution in [0.15, 0.2) is 48.7 Å². The molecule has 0 amide bonds. The number of carbonyl (C=O) groups is 1. The van der Waals surface area contributed by atoms with Gasteiger partial charge in [0.1, 0.15) is 29.8 Å². The highest BCUT2D eigenvalue weighted by molar-refractivity contribution is 5.92. The Labute approximate surface area is 246 Å². The average Bonchev–Trinajstić information content (AvgIpc) is 3.32. The van der Waals surface area contributed by atoms with E-state index in [-0.39, 0.29) is 41.2 Å². The van der Waals surface area contributed by atoms with Crippen molar-refractivity contribution >= 4 is 17.0 Å². The fraction of sp³-hybridized carbons (Fsp3) is 0.355. The number of piperidine rings is 1. The van der Waals surface area contributed by atoms with E-state index in [1.54, 1.807) is 18.3 Å². The summed E-state index contributed by atoms with van der Waals surface area (Å²) in [5.41, 5.74) is 1.30. The SMILES string of the molecule is N#Cc1ccc(OCc2cc(OC3CCN(Cc4nc5c(F)cc(C(=O)O)cc5n4C[C@@H]4CCO4)CC3)ccn2)c(F)c1. The topological polar surface area (TPSA) is 123 Å². The number of pyridine rings is 1. The summed E-state index contributed by atoms with van der Waals surface area (Å²) in [5, 5.41) is 18.3. The van der Waals surface area contributed by atoms with Crippen LogP contribution in [0.1, 0.15) is 46.7 Å². The Morgan fingerprint density at radius 1 is 1.12 bits per heavy atom. The summed E-state index contributed by atoms with van der Waals surface area (Å²) in [4.78, 5) is 22.6. The molecule has 222 valence electrons. The molecule has 2 aliphatic heterocycles. The molecule has 2 aromatic heterocycles. The van der Waals surface area contributed by atoms with Crippen LogP contribution in [0, 0.1) is 23.0 Å². The molecule has 0 bridgehead atoms. The second-order valence-corrected chi connectivity index (χ2v) is 10.7. The molecule has 2 fully saturated rings. The van der Waals surface area contributed by atoms with Gasteiger partial charge in [0.25, 0.3) is 0 Å². The summed E-state index contributed by atoms with van der Waals surface area (Å²) < 4.78 is 48.3. The predicted molar refractivity (Wildman–Crippen MR) is 150 cm³/mol. The van der Waals surface area contributed by atoms with E-state index < -0.39 is 17.6 Å². The first kappa shape index (κ1) is 28.5. The summed E-state index contributed by atoms with van der Waals surface area (Å²) in [5.74, 6) is -1.10. The van der Waals surface area contributed by atoms with Crippen LogP contribution in [-0.2, 0) is 24.4 Å². The normalized spacial score (nSPS) is 17.4. The van der Waals surface area contributed by atoms with Gasteiger partial charge in [0.05, 0.1) is 47.6 Å². The summed E-state index contributed by atoms with van der Waals surface area (Å²) >= 11 is 0. The molecule has 0 unspecified atom stereocenters. The highest BCUT2D eigenvalue weighted by atomic mass is 19.1. The van der Waals surface area contributed by atoms with Crippen molar-refractivity contribution in [3.63, 3.8) is 0 Å². The lowest BCUT2D eigenvalue weighted by atomic mass is 10.1. The lowest BCUT2D eigenvalue weighted by Crippen LogP contribution is -2.39. The second kappa shape index (κ2) is 12.3. The molecule has 0 radical (unpaired) electrons. The Balaban J connectivity index is 1.07. The Hall–Kier alpha value is -4.60. The number of benzene rings is 2. The van der Waals surface area contributed by atoms with Crippen molar-refractivity contribution < 1.29 is 32.9 Å². The number of imidazole rings is 1. The number of nitrogens with zero attached hydrogens (tertiary/aromatic N) is 5. The summed E-state index contributed by atoms with van der Waals surface area (Å²) in [7, 11) is 0. The van der Waals surface area contributed by atoms with E-state index in [0.717, 1.165) is 44.5 Å². The maximum absolute atomic E-state index is 14.8. The average molecular weight is 590 g/mol. The number of rotatable bonds is 10. The van der Waals surface area contributed by atoms with Gasteiger partial charge in [-0.3, -0.25) is 9.88 Å². The van der Waals surface area contributed by atoms with Gasteiger partial charge >= 0.3 is 5.97 Å². The van der Waals surface area contributed by atoms with Gasteiger partial charge in [-0.2, -0.15) is 5.26 Å². The molecule has 2 aromatic carbocycles. The van der Waals surface area contributed by atoms with Gasteiger partial charge in [0, 0.05) is 32.0 Å². The van der Waals surface area contributed by atoms with Crippen molar-refractivity contribution in [2.75, 3.05) is 19.7 Å². The number of fused-ring (bicyclic) bond motifs is 1. The third-order valence-electron chi connectivity index (χ3n) is 7.74. The molecule has 12 heteroatoms. The summed E-state index contributed by atoms with van der Waals surface area (Å²) in [6, 6.07) is 11.9. The molecule has 1 N–H and O–H groups in total. The molecule has 0 saturated carbocycles. The molecular formula is C31H29F2N5O5. The third kappa shape index (κ3) is 6.43. The lowest BCUT2D eigenvalue weighted by molar-refractivity contribution is -0.0592. The summed E-state index contributed by atoms with van der Waals surface area (Å²) in [6.07, 6.45) is 3.98. The number of aromatic carboxylic acids is 1. The highest BCUT2D eigenvalue weighted by Crippen LogP contribution is 2.27. The van der Waals surface area contributed by atoms with Crippen LogP contribution >= 0.6 is 0 Å². The maximum Gasteiger partial charge on any atom is 0.335 e. The van der Waals surface area contributed by atoms with E-state index in [1.807, 2.05) is 10.6 Å². The van der Waals surface area contributed by atoms with Gasteiger partial charge in [0.15, 0.2) is 17.4 Å². The molecule has 1 atom stereocenters. The van der Waals surface area contributed by atoms with Gasteiger partial charge in [0.2, 0.25) is 0 Å². The first-order valence-electron chi connectivity index (χ1n) is 14.1. The smallest absolute Gasteiger partial charge is 0.335 e. The Bertz CT molecular complexity index is 1690. The number of carboxylic acid groups (broad SMARTS) is 1. The minimum absolute atomic E-state index is 0.00869. The number of hydrogen-bond donors (Lipinski definition) is 1. The van der Waals surface area contributed by atoms with Crippen LogP contribution in [-0.4, -0.2) is 62.4 Å². The van der Waals surface area contributed by atoms with Crippen LogP contribution in [0.5, 0.6) is 11.5 Å². The molecule has 0 spiro atoms. The van der Waals surface area contributed by atoms with Gasteiger partial charge < -0.3 is 23.9 Å².